The number of carbonyl (C=O) groups is 1. The van der Waals surface area contributed by atoms with Gasteiger partial charge in [0.25, 0.3) is 5.91 Å². The quantitative estimate of drug-likeness (QED) is 0.881. The number of fused-ring (bicyclic) bond motifs is 3. The number of rotatable bonds is 3. The second kappa shape index (κ2) is 5.59. The Hall–Kier alpha value is -1.53. The third-order valence-corrected chi connectivity index (χ3v) is 5.23. The number of pyridine rings is 1. The summed E-state index contributed by atoms with van der Waals surface area (Å²) >= 11 is 1.53. The molecular formula is C16H19N3O2S. The summed E-state index contributed by atoms with van der Waals surface area (Å²) in [6.45, 7) is 3.31. The molecule has 116 valence electrons. The fourth-order valence-corrected chi connectivity index (χ4v) is 4.03. The van der Waals surface area contributed by atoms with E-state index in [1.807, 2.05) is 18.4 Å². The molecule has 2 fully saturated rings. The van der Waals surface area contributed by atoms with Crippen LogP contribution >= 0.6 is 11.8 Å². The summed E-state index contributed by atoms with van der Waals surface area (Å²) in [4.78, 5) is 19.3. The lowest BCUT2D eigenvalue weighted by Crippen LogP contribution is -2.47. The van der Waals surface area contributed by atoms with Gasteiger partial charge in [-0.2, -0.15) is 0 Å². The highest BCUT2D eigenvalue weighted by Gasteiger charge is 2.33. The topological polar surface area (TPSA) is 58.4 Å². The van der Waals surface area contributed by atoms with Crippen molar-refractivity contribution in [2.45, 2.75) is 24.0 Å². The molecule has 3 atom stereocenters. The molecule has 6 heteroatoms. The summed E-state index contributed by atoms with van der Waals surface area (Å²) in [5.74, 6) is 0.606. The van der Waals surface area contributed by atoms with Crippen molar-refractivity contribution in [3.8, 4) is 0 Å². The fourth-order valence-electron chi connectivity index (χ4n) is 3.62. The first kappa shape index (κ1) is 14.1. The van der Waals surface area contributed by atoms with Crippen molar-refractivity contribution in [3.63, 3.8) is 0 Å². The maximum atomic E-state index is 12.6. The normalized spacial score (nSPS) is 27.2. The van der Waals surface area contributed by atoms with Gasteiger partial charge in [-0.1, -0.05) is 11.8 Å². The first-order valence-electron chi connectivity index (χ1n) is 7.68. The minimum absolute atomic E-state index is 0.125. The number of hydrogen-bond acceptors (Lipinski definition) is 5. The summed E-state index contributed by atoms with van der Waals surface area (Å²) in [7, 11) is 0. The number of piperidine rings is 1. The molecule has 0 aliphatic carbocycles. The number of nitrogens with zero attached hydrogens (tertiary/aromatic N) is 2. The Kier molecular flexibility index (Phi) is 3.58. The predicted octanol–water partition coefficient (Wildman–Crippen LogP) is 2.37. The summed E-state index contributed by atoms with van der Waals surface area (Å²) in [6.07, 6.45) is 5.96. The van der Waals surface area contributed by atoms with Crippen molar-refractivity contribution in [2.75, 3.05) is 25.9 Å². The summed E-state index contributed by atoms with van der Waals surface area (Å²) in [6, 6.07) is 4.05. The van der Waals surface area contributed by atoms with E-state index < -0.39 is 0 Å². The van der Waals surface area contributed by atoms with Gasteiger partial charge in [0.15, 0.2) is 16.4 Å². The molecule has 0 spiro atoms. The number of furan rings is 1. The maximum absolute atomic E-state index is 12.6. The van der Waals surface area contributed by atoms with E-state index in [0.29, 0.717) is 11.3 Å². The Bertz CT molecular complexity index is 702. The van der Waals surface area contributed by atoms with E-state index in [1.165, 1.54) is 31.3 Å². The van der Waals surface area contributed by atoms with Gasteiger partial charge in [0, 0.05) is 30.7 Å². The minimum atomic E-state index is -0.125. The van der Waals surface area contributed by atoms with Crippen LogP contribution in [0, 0.1) is 5.92 Å². The Morgan fingerprint density at radius 3 is 3.23 bits per heavy atom. The van der Waals surface area contributed by atoms with Crippen molar-refractivity contribution in [3.05, 3.63) is 24.0 Å². The molecule has 4 heterocycles. The van der Waals surface area contributed by atoms with Gasteiger partial charge in [0.2, 0.25) is 0 Å². The number of nitrogens with one attached hydrogen (secondary N) is 1. The van der Waals surface area contributed by atoms with Gasteiger partial charge in [0.1, 0.15) is 0 Å². The van der Waals surface area contributed by atoms with Crippen LogP contribution in [-0.4, -0.2) is 47.7 Å². The molecule has 1 amide bonds. The van der Waals surface area contributed by atoms with Crippen molar-refractivity contribution in [2.24, 2.45) is 5.92 Å². The highest BCUT2D eigenvalue weighted by atomic mass is 32.2. The van der Waals surface area contributed by atoms with Crippen LogP contribution in [0.5, 0.6) is 0 Å². The van der Waals surface area contributed by atoms with Crippen molar-refractivity contribution < 1.29 is 9.21 Å². The third kappa shape index (κ3) is 2.50. The zero-order chi connectivity index (χ0) is 15.1. The number of aromatic nitrogens is 1. The highest BCUT2D eigenvalue weighted by molar-refractivity contribution is 7.98. The summed E-state index contributed by atoms with van der Waals surface area (Å²) < 4.78 is 5.74. The van der Waals surface area contributed by atoms with Crippen LogP contribution in [0.3, 0.4) is 0 Å². The molecule has 2 saturated heterocycles. The monoisotopic (exact) mass is 317 g/mol. The van der Waals surface area contributed by atoms with Crippen LogP contribution in [-0.2, 0) is 0 Å². The fraction of sp³-hybridized carbons (Fsp3) is 0.500. The number of hydrogen-bond donors (Lipinski definition) is 1. The van der Waals surface area contributed by atoms with Gasteiger partial charge in [0.05, 0.1) is 0 Å². The summed E-state index contributed by atoms with van der Waals surface area (Å²) in [5, 5.41) is 4.88. The SMILES string of the molecule is CSc1cc2ccnc(C(=O)N[C@@H]3C[C@H]4CCN(C4)C3)c2o1. The number of thioether (sulfide) groups is 1. The lowest BCUT2D eigenvalue weighted by atomic mass is 9.97. The molecule has 22 heavy (non-hydrogen) atoms. The van der Waals surface area contributed by atoms with Crippen molar-refractivity contribution >= 4 is 28.6 Å². The Morgan fingerprint density at radius 2 is 2.41 bits per heavy atom. The smallest absolute Gasteiger partial charge is 0.274 e. The van der Waals surface area contributed by atoms with Gasteiger partial charge < -0.3 is 14.6 Å². The second-order valence-electron chi connectivity index (χ2n) is 6.17. The lowest BCUT2D eigenvalue weighted by molar-refractivity contribution is 0.0905. The standard InChI is InChI=1S/C16H19N3O2S/c1-22-13-7-11-2-4-17-14(15(11)21-13)16(20)18-12-6-10-3-5-19(8-10)9-12/h2,4,7,10,12H,3,5-6,8-9H2,1H3,(H,18,20)/t10-,12-/m1/s1. The van der Waals surface area contributed by atoms with E-state index in [4.69, 9.17) is 4.42 Å². The van der Waals surface area contributed by atoms with Crippen molar-refractivity contribution in [1.29, 1.82) is 0 Å². The molecule has 2 aliphatic rings. The third-order valence-electron chi connectivity index (χ3n) is 4.63. The van der Waals surface area contributed by atoms with E-state index in [0.717, 1.165) is 29.4 Å². The Balaban J connectivity index is 1.56. The zero-order valence-corrected chi connectivity index (χ0v) is 13.4. The highest BCUT2D eigenvalue weighted by Crippen LogP contribution is 2.29. The van der Waals surface area contributed by atoms with E-state index in [9.17, 15) is 4.79 Å². The molecule has 5 nitrogen and oxygen atoms in total. The molecule has 2 aromatic rings. The van der Waals surface area contributed by atoms with E-state index in [2.05, 4.69) is 15.2 Å². The van der Waals surface area contributed by atoms with Gasteiger partial charge >= 0.3 is 0 Å². The van der Waals surface area contributed by atoms with Crippen LogP contribution in [0.4, 0.5) is 0 Å². The first-order valence-corrected chi connectivity index (χ1v) is 8.91. The van der Waals surface area contributed by atoms with Gasteiger partial charge in [-0.15, -0.1) is 0 Å². The molecular weight excluding hydrogens is 298 g/mol. The van der Waals surface area contributed by atoms with E-state index >= 15 is 0 Å². The molecule has 1 unspecified atom stereocenters. The average molecular weight is 317 g/mol. The minimum Gasteiger partial charge on any atom is -0.447 e. The van der Waals surface area contributed by atoms with Gasteiger partial charge in [-0.05, 0) is 43.7 Å². The second-order valence-corrected chi connectivity index (χ2v) is 6.98. The van der Waals surface area contributed by atoms with Gasteiger partial charge in [-0.3, -0.25) is 4.79 Å². The average Bonchev–Trinajstić information content (AvgIpc) is 3.09. The molecule has 2 bridgehead atoms. The summed E-state index contributed by atoms with van der Waals surface area (Å²) in [5.41, 5.74) is 0.981. The van der Waals surface area contributed by atoms with Crippen molar-refractivity contribution in [1.82, 2.24) is 15.2 Å². The van der Waals surface area contributed by atoms with Crippen LogP contribution in [0.1, 0.15) is 23.3 Å². The Labute approximate surface area is 133 Å². The molecule has 0 aromatic carbocycles. The molecule has 1 N–H and O–H groups in total. The largest absolute Gasteiger partial charge is 0.447 e. The van der Waals surface area contributed by atoms with E-state index in [-0.39, 0.29) is 11.9 Å². The maximum Gasteiger partial charge on any atom is 0.274 e. The van der Waals surface area contributed by atoms with Crippen LogP contribution in [0.15, 0.2) is 27.8 Å². The molecule has 2 aliphatic heterocycles. The molecule has 4 rings (SSSR count). The molecule has 0 radical (unpaired) electrons. The predicted molar refractivity (Wildman–Crippen MR) is 86.2 cm³/mol. The Morgan fingerprint density at radius 1 is 1.50 bits per heavy atom. The van der Waals surface area contributed by atoms with Crippen LogP contribution in [0.2, 0.25) is 0 Å². The van der Waals surface area contributed by atoms with E-state index in [1.54, 1.807) is 6.20 Å². The molecule has 0 saturated carbocycles. The van der Waals surface area contributed by atoms with Gasteiger partial charge in [-0.25, -0.2) is 4.98 Å². The van der Waals surface area contributed by atoms with Crippen LogP contribution in [0.25, 0.3) is 11.0 Å². The zero-order valence-electron chi connectivity index (χ0n) is 12.5. The number of carbonyl (C=O) groups excluding carboxylic acids is 1. The van der Waals surface area contributed by atoms with Crippen LogP contribution < -0.4 is 5.32 Å². The molecule has 2 aromatic heterocycles. The first-order chi connectivity index (χ1) is 10.7. The lowest BCUT2D eigenvalue weighted by Gasteiger charge is -2.30. The number of amides is 1.